The number of aromatic nitrogens is 3. The minimum absolute atomic E-state index is 0.191. The third-order valence-electron chi connectivity index (χ3n) is 4.22. The Morgan fingerprint density at radius 1 is 1.04 bits per heavy atom. The molecule has 0 amide bonds. The number of nitrogens with zero attached hydrogens (tertiary/aromatic N) is 3. The molecule has 7 nitrogen and oxygen atoms in total. The first-order valence-electron chi connectivity index (χ1n) is 8.24. The number of fused-ring (bicyclic) bond motifs is 1. The largest absolute Gasteiger partial charge is 0.478 e. The lowest BCUT2D eigenvalue weighted by Crippen LogP contribution is -2.04. The second-order valence-corrected chi connectivity index (χ2v) is 6.02. The summed E-state index contributed by atoms with van der Waals surface area (Å²) in [5.74, 6) is -0.293. The number of carboxylic acid groups (broad SMARTS) is 1. The molecule has 25 heavy (non-hydrogen) atoms. The van der Waals surface area contributed by atoms with E-state index in [2.05, 4.69) is 14.5 Å². The van der Waals surface area contributed by atoms with E-state index in [1.54, 1.807) is 12.1 Å². The van der Waals surface area contributed by atoms with Gasteiger partial charge in [-0.1, -0.05) is 18.6 Å². The molecule has 0 radical (unpaired) electrons. The van der Waals surface area contributed by atoms with E-state index in [0.29, 0.717) is 11.4 Å². The number of aryl methyl sites for hydroxylation is 2. The number of aromatic carboxylic acids is 1. The number of nitrogen functional groups attached to an aromatic ring is 2. The van der Waals surface area contributed by atoms with Crippen molar-refractivity contribution in [2.24, 2.45) is 0 Å². The Bertz CT molecular complexity index is 886. The summed E-state index contributed by atoms with van der Waals surface area (Å²) in [5.41, 5.74) is 14.6. The van der Waals surface area contributed by atoms with Crippen molar-refractivity contribution < 1.29 is 9.90 Å². The molecule has 3 rings (SSSR count). The van der Waals surface area contributed by atoms with E-state index in [1.807, 2.05) is 24.4 Å². The predicted molar refractivity (Wildman–Crippen MR) is 97.3 cm³/mol. The number of hydrogen-bond acceptors (Lipinski definition) is 5. The fourth-order valence-electron chi connectivity index (χ4n) is 2.94. The lowest BCUT2D eigenvalue weighted by atomic mass is 10.1. The van der Waals surface area contributed by atoms with Crippen LogP contribution in [0.5, 0.6) is 0 Å². The van der Waals surface area contributed by atoms with Gasteiger partial charge in [0.1, 0.15) is 5.52 Å². The zero-order valence-electron chi connectivity index (χ0n) is 13.9. The Balaban J connectivity index is 1.50. The van der Waals surface area contributed by atoms with Gasteiger partial charge in [0, 0.05) is 12.7 Å². The summed E-state index contributed by atoms with van der Waals surface area (Å²) in [6.07, 6.45) is 6.02. The van der Waals surface area contributed by atoms with E-state index in [1.165, 1.54) is 0 Å². The molecule has 3 aromatic rings. The van der Waals surface area contributed by atoms with Crippen molar-refractivity contribution in [2.45, 2.75) is 32.2 Å². The fraction of sp³-hybridized carbons (Fsp3) is 0.278. The third kappa shape index (κ3) is 3.88. The number of hydrogen-bond donors (Lipinski definition) is 3. The molecule has 5 N–H and O–H groups in total. The lowest BCUT2D eigenvalue weighted by Gasteiger charge is -2.07. The van der Waals surface area contributed by atoms with Crippen molar-refractivity contribution in [2.75, 3.05) is 11.5 Å². The minimum Gasteiger partial charge on any atom is -0.478 e. The maximum absolute atomic E-state index is 10.8. The molecule has 0 atom stereocenters. The van der Waals surface area contributed by atoms with Crippen molar-refractivity contribution in [1.29, 1.82) is 0 Å². The quantitative estimate of drug-likeness (QED) is 0.569. The Labute approximate surface area is 145 Å². The number of anilines is 2. The van der Waals surface area contributed by atoms with Gasteiger partial charge >= 0.3 is 5.97 Å². The molecule has 0 bridgehead atoms. The van der Waals surface area contributed by atoms with Gasteiger partial charge in [0.05, 0.1) is 11.1 Å². The van der Waals surface area contributed by atoms with Crippen LogP contribution in [0.2, 0.25) is 0 Å². The van der Waals surface area contributed by atoms with Gasteiger partial charge in [0.2, 0.25) is 5.95 Å². The van der Waals surface area contributed by atoms with Crippen LogP contribution in [0.25, 0.3) is 11.0 Å². The summed E-state index contributed by atoms with van der Waals surface area (Å²) in [6, 6.07) is 8.96. The number of nitrogens with two attached hydrogens (primary N) is 2. The molecule has 7 heteroatoms. The van der Waals surface area contributed by atoms with Crippen molar-refractivity contribution in [1.82, 2.24) is 14.5 Å². The second kappa shape index (κ2) is 7.21. The number of benzene rings is 1. The number of carbonyl (C=O) groups is 1. The molecule has 1 aromatic carbocycles. The fourth-order valence-corrected chi connectivity index (χ4v) is 2.94. The zero-order chi connectivity index (χ0) is 17.8. The van der Waals surface area contributed by atoms with Crippen molar-refractivity contribution in [3.63, 3.8) is 0 Å². The molecule has 2 heterocycles. The Morgan fingerprint density at radius 2 is 1.80 bits per heavy atom. The monoisotopic (exact) mass is 339 g/mol. The normalized spacial score (nSPS) is 11.0. The van der Waals surface area contributed by atoms with Gasteiger partial charge in [0.15, 0.2) is 5.82 Å². The molecule has 0 fully saturated rings. The highest BCUT2D eigenvalue weighted by molar-refractivity contribution is 5.87. The number of carboxylic acids is 1. The molecule has 130 valence electrons. The SMILES string of the molecule is Nc1nc(N)c2c(ccn2CCCCCc2ccc(C(=O)O)cc2)n1. The first-order valence-corrected chi connectivity index (χ1v) is 8.24. The van der Waals surface area contributed by atoms with Crippen LogP contribution in [0, 0.1) is 0 Å². The smallest absolute Gasteiger partial charge is 0.335 e. The van der Waals surface area contributed by atoms with E-state index in [4.69, 9.17) is 16.6 Å². The van der Waals surface area contributed by atoms with Crippen molar-refractivity contribution in [3.8, 4) is 0 Å². The van der Waals surface area contributed by atoms with Gasteiger partial charge in [-0.15, -0.1) is 0 Å². The van der Waals surface area contributed by atoms with E-state index in [0.717, 1.165) is 48.8 Å². The maximum atomic E-state index is 10.8. The molecular formula is C18H21N5O2. The number of rotatable bonds is 7. The molecule has 0 spiro atoms. The van der Waals surface area contributed by atoms with Crippen LogP contribution in [-0.4, -0.2) is 25.6 Å². The van der Waals surface area contributed by atoms with Gasteiger partial charge in [-0.2, -0.15) is 4.98 Å². The molecule has 0 aliphatic rings. The topological polar surface area (TPSA) is 120 Å². The first kappa shape index (κ1) is 16.8. The van der Waals surface area contributed by atoms with E-state index >= 15 is 0 Å². The Kier molecular flexibility index (Phi) is 4.83. The van der Waals surface area contributed by atoms with Gasteiger partial charge in [-0.3, -0.25) is 0 Å². The molecule has 0 saturated heterocycles. The predicted octanol–water partition coefficient (Wildman–Crippen LogP) is 2.71. The number of unbranched alkanes of at least 4 members (excludes halogenated alkanes) is 2. The van der Waals surface area contributed by atoms with Crippen LogP contribution in [-0.2, 0) is 13.0 Å². The van der Waals surface area contributed by atoms with Crippen LogP contribution in [0.3, 0.4) is 0 Å². The average Bonchev–Trinajstić information content (AvgIpc) is 2.98. The summed E-state index contributed by atoms with van der Waals surface area (Å²) in [6.45, 7) is 0.846. The van der Waals surface area contributed by atoms with Crippen molar-refractivity contribution in [3.05, 3.63) is 47.7 Å². The summed E-state index contributed by atoms with van der Waals surface area (Å²) in [4.78, 5) is 19.0. The van der Waals surface area contributed by atoms with Crippen LogP contribution in [0.15, 0.2) is 36.5 Å². The van der Waals surface area contributed by atoms with Crippen LogP contribution < -0.4 is 11.5 Å². The third-order valence-corrected chi connectivity index (χ3v) is 4.22. The summed E-state index contributed by atoms with van der Waals surface area (Å²) in [5, 5.41) is 8.90. The molecule has 0 aliphatic carbocycles. The molecule has 0 unspecified atom stereocenters. The summed E-state index contributed by atoms with van der Waals surface area (Å²) in [7, 11) is 0. The van der Waals surface area contributed by atoms with Crippen molar-refractivity contribution >= 4 is 28.8 Å². The van der Waals surface area contributed by atoms with Gasteiger partial charge in [0.25, 0.3) is 0 Å². The van der Waals surface area contributed by atoms with Gasteiger partial charge in [-0.25, -0.2) is 9.78 Å². The standard InChI is InChI=1S/C18H21N5O2/c19-16-15-14(21-18(20)22-16)9-11-23(15)10-3-1-2-4-12-5-7-13(8-6-12)17(24)25/h5-9,11H,1-4,10H2,(H,24,25)(H4,19,20,21,22). The maximum Gasteiger partial charge on any atom is 0.335 e. The Morgan fingerprint density at radius 3 is 2.52 bits per heavy atom. The van der Waals surface area contributed by atoms with E-state index in [9.17, 15) is 4.79 Å². The van der Waals surface area contributed by atoms with Crippen LogP contribution in [0.1, 0.15) is 35.2 Å². The Hall–Kier alpha value is -3.09. The summed E-state index contributed by atoms with van der Waals surface area (Å²) >= 11 is 0. The van der Waals surface area contributed by atoms with Gasteiger partial charge in [-0.05, 0) is 43.0 Å². The molecule has 2 aromatic heterocycles. The minimum atomic E-state index is -0.893. The van der Waals surface area contributed by atoms with Crippen LogP contribution >= 0.6 is 0 Å². The first-order chi connectivity index (χ1) is 12.0. The highest BCUT2D eigenvalue weighted by Crippen LogP contribution is 2.20. The molecule has 0 aliphatic heterocycles. The lowest BCUT2D eigenvalue weighted by molar-refractivity contribution is 0.0697. The van der Waals surface area contributed by atoms with E-state index < -0.39 is 5.97 Å². The molecular weight excluding hydrogens is 318 g/mol. The molecule has 0 saturated carbocycles. The zero-order valence-corrected chi connectivity index (χ0v) is 13.9. The van der Waals surface area contributed by atoms with Gasteiger partial charge < -0.3 is 21.1 Å². The highest BCUT2D eigenvalue weighted by Gasteiger charge is 2.08. The highest BCUT2D eigenvalue weighted by atomic mass is 16.4. The van der Waals surface area contributed by atoms with E-state index in [-0.39, 0.29) is 5.95 Å². The van der Waals surface area contributed by atoms with Crippen LogP contribution in [0.4, 0.5) is 11.8 Å². The summed E-state index contributed by atoms with van der Waals surface area (Å²) < 4.78 is 2.06. The average molecular weight is 339 g/mol. The second-order valence-electron chi connectivity index (χ2n) is 6.02.